The van der Waals surface area contributed by atoms with Gasteiger partial charge in [-0.2, -0.15) is 0 Å². The molecule has 0 unspecified atom stereocenters. The maximum atomic E-state index is 11.7. The Labute approximate surface area is 102 Å². The molecule has 86 valence electrons. The van der Waals surface area contributed by atoms with Gasteiger partial charge in [-0.25, -0.2) is 15.0 Å². The fourth-order valence-corrected chi connectivity index (χ4v) is 1.24. The number of halogens is 1. The van der Waals surface area contributed by atoms with Crippen molar-refractivity contribution in [3.05, 3.63) is 41.3 Å². The van der Waals surface area contributed by atoms with Gasteiger partial charge in [0.1, 0.15) is 23.0 Å². The lowest BCUT2D eigenvalue weighted by Crippen LogP contribution is -2.15. The molecule has 2 aromatic rings. The van der Waals surface area contributed by atoms with E-state index in [1.165, 1.54) is 24.8 Å². The van der Waals surface area contributed by atoms with Crippen molar-refractivity contribution >= 4 is 23.3 Å². The van der Waals surface area contributed by atoms with Crippen molar-refractivity contribution in [3.8, 4) is 0 Å². The Morgan fingerprint density at radius 2 is 2.06 bits per heavy atom. The van der Waals surface area contributed by atoms with E-state index in [2.05, 4.69) is 25.3 Å². The molecule has 0 radical (unpaired) electrons. The summed E-state index contributed by atoms with van der Waals surface area (Å²) in [6.07, 6.45) is 4.17. The van der Waals surface area contributed by atoms with Crippen LogP contribution in [-0.2, 0) is 0 Å². The zero-order chi connectivity index (χ0) is 12.3. The highest BCUT2D eigenvalue weighted by atomic mass is 35.5. The quantitative estimate of drug-likeness (QED) is 0.816. The monoisotopic (exact) mass is 249 g/mol. The second-order valence-corrected chi connectivity index (χ2v) is 3.61. The highest BCUT2D eigenvalue weighted by Gasteiger charge is 2.08. The molecule has 2 rings (SSSR count). The van der Waals surface area contributed by atoms with Crippen molar-refractivity contribution in [2.24, 2.45) is 0 Å². The lowest BCUT2D eigenvalue weighted by molar-refractivity contribution is 0.102. The third kappa shape index (κ3) is 2.94. The molecule has 0 aliphatic rings. The Hall–Kier alpha value is -2.08. The molecule has 2 aromatic heterocycles. The Kier molecular flexibility index (Phi) is 3.24. The number of rotatable bonds is 2. The third-order valence-electron chi connectivity index (χ3n) is 1.89. The van der Waals surface area contributed by atoms with Crippen molar-refractivity contribution in [1.29, 1.82) is 0 Å². The van der Waals surface area contributed by atoms with E-state index in [1.807, 2.05) is 0 Å². The lowest BCUT2D eigenvalue weighted by Gasteiger charge is -2.03. The van der Waals surface area contributed by atoms with Gasteiger partial charge in [0.25, 0.3) is 5.91 Å². The van der Waals surface area contributed by atoms with Crippen molar-refractivity contribution in [1.82, 2.24) is 19.9 Å². The summed E-state index contributed by atoms with van der Waals surface area (Å²) in [4.78, 5) is 27.2. The van der Waals surface area contributed by atoms with Gasteiger partial charge in [0.05, 0.1) is 11.9 Å². The molecule has 0 aliphatic heterocycles. The number of aryl methyl sites for hydroxylation is 1. The standard InChI is InChI=1S/C10H8ClN5O/c1-6-3-13-7(4-12-6)10(17)16-9-2-8(11)14-5-15-9/h2-5H,1H3,(H,14,15,16,17). The number of hydrogen-bond donors (Lipinski definition) is 1. The number of nitrogens with one attached hydrogen (secondary N) is 1. The average molecular weight is 250 g/mol. The first-order valence-electron chi connectivity index (χ1n) is 4.73. The van der Waals surface area contributed by atoms with Crippen molar-refractivity contribution in [2.75, 3.05) is 5.32 Å². The Balaban J connectivity index is 2.14. The van der Waals surface area contributed by atoms with E-state index < -0.39 is 5.91 Å². The number of anilines is 1. The summed E-state index contributed by atoms with van der Waals surface area (Å²) >= 11 is 5.66. The van der Waals surface area contributed by atoms with Gasteiger partial charge in [-0.3, -0.25) is 9.78 Å². The molecular formula is C10H8ClN5O. The maximum Gasteiger partial charge on any atom is 0.277 e. The van der Waals surface area contributed by atoms with E-state index in [9.17, 15) is 4.79 Å². The number of aromatic nitrogens is 4. The Morgan fingerprint density at radius 1 is 1.24 bits per heavy atom. The predicted octanol–water partition coefficient (Wildman–Crippen LogP) is 1.48. The maximum absolute atomic E-state index is 11.7. The summed E-state index contributed by atoms with van der Waals surface area (Å²) in [6, 6.07) is 1.45. The van der Waals surface area contributed by atoms with Crippen molar-refractivity contribution in [2.45, 2.75) is 6.92 Å². The van der Waals surface area contributed by atoms with Crippen LogP contribution in [0.3, 0.4) is 0 Å². The van der Waals surface area contributed by atoms with Gasteiger partial charge >= 0.3 is 0 Å². The topological polar surface area (TPSA) is 80.7 Å². The largest absolute Gasteiger partial charge is 0.305 e. The van der Waals surface area contributed by atoms with E-state index >= 15 is 0 Å². The van der Waals surface area contributed by atoms with Gasteiger partial charge in [0.15, 0.2) is 0 Å². The van der Waals surface area contributed by atoms with Crippen LogP contribution in [0.15, 0.2) is 24.8 Å². The minimum absolute atomic E-state index is 0.213. The molecule has 6 nitrogen and oxygen atoms in total. The molecule has 0 atom stereocenters. The summed E-state index contributed by atoms with van der Waals surface area (Å²) in [5, 5.41) is 2.80. The molecule has 0 aromatic carbocycles. The van der Waals surface area contributed by atoms with Gasteiger partial charge in [-0.15, -0.1) is 0 Å². The number of carbonyl (C=O) groups is 1. The molecule has 1 N–H and O–H groups in total. The first-order chi connectivity index (χ1) is 8.15. The normalized spacial score (nSPS) is 10.0. The smallest absolute Gasteiger partial charge is 0.277 e. The molecular weight excluding hydrogens is 242 g/mol. The molecule has 7 heteroatoms. The van der Waals surface area contributed by atoms with Gasteiger partial charge in [0.2, 0.25) is 0 Å². The SMILES string of the molecule is Cc1cnc(C(=O)Nc2cc(Cl)ncn2)cn1. The van der Waals surface area contributed by atoms with Gasteiger partial charge < -0.3 is 5.32 Å². The van der Waals surface area contributed by atoms with E-state index in [-0.39, 0.29) is 10.8 Å². The summed E-state index contributed by atoms with van der Waals surface area (Å²) in [5.41, 5.74) is 0.956. The number of nitrogens with zero attached hydrogens (tertiary/aromatic N) is 4. The lowest BCUT2D eigenvalue weighted by atomic mass is 10.4. The van der Waals surface area contributed by atoms with Crippen molar-refractivity contribution < 1.29 is 4.79 Å². The van der Waals surface area contributed by atoms with Gasteiger partial charge in [0, 0.05) is 12.3 Å². The Bertz CT molecular complexity index is 543. The van der Waals surface area contributed by atoms with Crippen LogP contribution >= 0.6 is 11.6 Å². The van der Waals surface area contributed by atoms with Crippen LogP contribution in [0.5, 0.6) is 0 Å². The molecule has 0 fully saturated rings. The van der Waals surface area contributed by atoms with E-state index in [1.54, 1.807) is 6.92 Å². The van der Waals surface area contributed by atoms with Crippen LogP contribution < -0.4 is 5.32 Å². The predicted molar refractivity (Wildman–Crippen MR) is 61.8 cm³/mol. The van der Waals surface area contributed by atoms with Crippen LogP contribution in [0.1, 0.15) is 16.2 Å². The number of carbonyl (C=O) groups excluding carboxylic acids is 1. The number of amides is 1. The number of hydrogen-bond acceptors (Lipinski definition) is 5. The van der Waals surface area contributed by atoms with Crippen LogP contribution in [0, 0.1) is 6.92 Å². The highest BCUT2D eigenvalue weighted by molar-refractivity contribution is 6.29. The van der Waals surface area contributed by atoms with Crippen LogP contribution in [0.4, 0.5) is 5.82 Å². The highest BCUT2D eigenvalue weighted by Crippen LogP contribution is 2.09. The minimum Gasteiger partial charge on any atom is -0.305 e. The molecule has 1 amide bonds. The second kappa shape index (κ2) is 4.84. The van der Waals surface area contributed by atoms with Crippen LogP contribution in [0.25, 0.3) is 0 Å². The summed E-state index contributed by atoms with van der Waals surface area (Å²) in [6.45, 7) is 1.79. The van der Waals surface area contributed by atoms with E-state index in [4.69, 9.17) is 11.6 Å². The average Bonchev–Trinajstić information content (AvgIpc) is 2.29. The molecule has 0 spiro atoms. The first kappa shape index (κ1) is 11.4. The molecule has 0 saturated carbocycles. The van der Waals surface area contributed by atoms with E-state index in [0.717, 1.165) is 5.69 Å². The molecule has 2 heterocycles. The van der Waals surface area contributed by atoms with E-state index in [0.29, 0.717) is 5.82 Å². The molecule has 0 bridgehead atoms. The summed E-state index contributed by atoms with van der Waals surface area (Å²) in [7, 11) is 0. The fraction of sp³-hybridized carbons (Fsp3) is 0.100. The molecule has 0 aliphatic carbocycles. The van der Waals surface area contributed by atoms with Crippen molar-refractivity contribution in [3.63, 3.8) is 0 Å². The van der Waals surface area contributed by atoms with Gasteiger partial charge in [-0.1, -0.05) is 11.6 Å². The third-order valence-corrected chi connectivity index (χ3v) is 2.10. The fourth-order valence-electron chi connectivity index (χ4n) is 1.09. The Morgan fingerprint density at radius 3 is 2.71 bits per heavy atom. The molecule has 0 saturated heterocycles. The molecule has 17 heavy (non-hydrogen) atoms. The zero-order valence-corrected chi connectivity index (χ0v) is 9.64. The van der Waals surface area contributed by atoms with Crippen LogP contribution in [0.2, 0.25) is 5.15 Å². The minimum atomic E-state index is -0.396. The summed E-state index contributed by atoms with van der Waals surface area (Å²) in [5.74, 6) is -0.0790. The second-order valence-electron chi connectivity index (χ2n) is 3.22. The zero-order valence-electron chi connectivity index (χ0n) is 8.88. The van der Waals surface area contributed by atoms with Gasteiger partial charge in [-0.05, 0) is 6.92 Å². The van der Waals surface area contributed by atoms with Crippen LogP contribution in [-0.4, -0.2) is 25.8 Å². The first-order valence-corrected chi connectivity index (χ1v) is 5.10. The summed E-state index contributed by atoms with van der Waals surface area (Å²) < 4.78 is 0.